The van der Waals surface area contributed by atoms with Gasteiger partial charge < -0.3 is 10.0 Å². The van der Waals surface area contributed by atoms with Crippen LogP contribution in [0.15, 0.2) is 42.7 Å². The number of halogens is 2. The first kappa shape index (κ1) is 21.3. The summed E-state index contributed by atoms with van der Waals surface area (Å²) in [5.41, 5.74) is 2.56. The van der Waals surface area contributed by atoms with Gasteiger partial charge in [0, 0.05) is 31.4 Å². The van der Waals surface area contributed by atoms with Gasteiger partial charge in [0.15, 0.2) is 0 Å². The zero-order valence-corrected chi connectivity index (χ0v) is 17.9. The number of aromatic nitrogens is 4. The number of carboxylic acids is 1. The molecule has 0 radical (unpaired) electrons. The summed E-state index contributed by atoms with van der Waals surface area (Å²) in [6, 6.07) is 8.75. The van der Waals surface area contributed by atoms with Crippen molar-refractivity contribution in [3.05, 3.63) is 64.0 Å². The molecule has 2 aromatic heterocycles. The highest BCUT2D eigenvalue weighted by molar-refractivity contribution is 6.35. The Hall–Kier alpha value is -2.97. The van der Waals surface area contributed by atoms with E-state index in [1.807, 2.05) is 24.4 Å². The molecule has 0 saturated carbocycles. The second-order valence-electron chi connectivity index (χ2n) is 7.49. The van der Waals surface area contributed by atoms with E-state index in [2.05, 4.69) is 15.3 Å². The molecule has 0 bridgehead atoms. The van der Waals surface area contributed by atoms with E-state index in [0.717, 1.165) is 12.0 Å². The van der Waals surface area contributed by atoms with Crippen molar-refractivity contribution in [2.75, 3.05) is 13.1 Å². The molecule has 1 aromatic carbocycles. The molecular weight excluding hydrogens is 441 g/mol. The van der Waals surface area contributed by atoms with Gasteiger partial charge in [-0.25, -0.2) is 4.98 Å². The summed E-state index contributed by atoms with van der Waals surface area (Å²) in [5.74, 6) is -0.810. The first-order valence-corrected chi connectivity index (χ1v) is 10.5. The van der Waals surface area contributed by atoms with E-state index in [-0.39, 0.29) is 28.4 Å². The molecule has 1 atom stereocenters. The summed E-state index contributed by atoms with van der Waals surface area (Å²) in [7, 11) is 0. The molecule has 8 nitrogen and oxygen atoms in total. The van der Waals surface area contributed by atoms with Crippen molar-refractivity contribution in [1.82, 2.24) is 24.9 Å². The van der Waals surface area contributed by atoms with Crippen molar-refractivity contribution in [3.8, 4) is 11.3 Å². The fourth-order valence-electron chi connectivity index (χ4n) is 3.71. The molecule has 0 spiro atoms. The summed E-state index contributed by atoms with van der Waals surface area (Å²) < 4.78 is 1.76. The van der Waals surface area contributed by atoms with Crippen LogP contribution in [-0.4, -0.2) is 55.0 Å². The minimum absolute atomic E-state index is 0.0411. The van der Waals surface area contributed by atoms with E-state index in [4.69, 9.17) is 28.3 Å². The van der Waals surface area contributed by atoms with Crippen LogP contribution in [0, 0.1) is 5.92 Å². The van der Waals surface area contributed by atoms with Gasteiger partial charge in [0.25, 0.3) is 5.91 Å². The predicted molar refractivity (Wildman–Crippen MR) is 115 cm³/mol. The van der Waals surface area contributed by atoms with Crippen LogP contribution in [0.4, 0.5) is 0 Å². The zero-order valence-electron chi connectivity index (χ0n) is 16.4. The van der Waals surface area contributed by atoms with Gasteiger partial charge in [0.1, 0.15) is 10.8 Å². The maximum Gasteiger partial charge on any atom is 0.307 e. The van der Waals surface area contributed by atoms with Crippen LogP contribution in [-0.2, 0) is 17.8 Å². The minimum Gasteiger partial charge on any atom is -0.481 e. The highest BCUT2D eigenvalue weighted by Gasteiger charge is 2.29. The number of carbonyl (C=O) groups excluding carboxylic acids is 1. The molecule has 1 amide bonds. The number of pyridine rings is 1. The first-order chi connectivity index (χ1) is 14.9. The lowest BCUT2D eigenvalue weighted by molar-refractivity contribution is -0.136. The number of carboxylic acid groups (broad SMARTS) is 1. The van der Waals surface area contributed by atoms with E-state index < -0.39 is 5.97 Å². The van der Waals surface area contributed by atoms with Crippen molar-refractivity contribution in [2.45, 2.75) is 19.4 Å². The summed E-state index contributed by atoms with van der Waals surface area (Å²) >= 11 is 12.0. The molecule has 1 aliphatic heterocycles. The average Bonchev–Trinajstić information content (AvgIpc) is 3.39. The molecular formula is C21H19Cl2N5O3. The molecule has 160 valence electrons. The van der Waals surface area contributed by atoms with Gasteiger partial charge in [-0.15, -0.1) is 5.10 Å². The molecule has 0 aliphatic carbocycles. The average molecular weight is 460 g/mol. The smallest absolute Gasteiger partial charge is 0.307 e. The zero-order chi connectivity index (χ0) is 22.0. The van der Waals surface area contributed by atoms with Gasteiger partial charge >= 0.3 is 5.97 Å². The van der Waals surface area contributed by atoms with Crippen LogP contribution in [0.2, 0.25) is 10.2 Å². The van der Waals surface area contributed by atoms with Crippen molar-refractivity contribution in [1.29, 1.82) is 0 Å². The Kier molecular flexibility index (Phi) is 6.20. The predicted octanol–water partition coefficient (Wildman–Crippen LogP) is 3.44. The molecule has 31 heavy (non-hydrogen) atoms. The van der Waals surface area contributed by atoms with Crippen LogP contribution < -0.4 is 0 Å². The Labute approximate surface area is 188 Å². The monoisotopic (exact) mass is 459 g/mol. The van der Waals surface area contributed by atoms with Gasteiger partial charge in [-0.2, -0.15) is 0 Å². The number of carbonyl (C=O) groups is 2. The molecule has 1 aliphatic rings. The van der Waals surface area contributed by atoms with E-state index in [9.17, 15) is 9.59 Å². The largest absolute Gasteiger partial charge is 0.481 e. The lowest BCUT2D eigenvalue weighted by Crippen LogP contribution is -2.29. The summed E-state index contributed by atoms with van der Waals surface area (Å²) in [6.45, 7) is 1.83. The molecule has 3 aromatic rings. The topological polar surface area (TPSA) is 101 Å². The Balaban J connectivity index is 1.40. The number of hydrogen-bond donors (Lipinski definition) is 1. The van der Waals surface area contributed by atoms with Gasteiger partial charge in [-0.1, -0.05) is 46.6 Å². The standard InChI is InChI=1S/C21H19Cl2N5O3/c22-17-9-24-19(23)8-16(17)21(31)27-5-4-14(10-27)11-28-12-18(25-26-28)15-3-1-2-13(6-15)7-20(29)30/h1-3,6,8-9,12,14H,4-5,7,10-11H2,(H,29,30). The molecule has 4 rings (SSSR count). The van der Waals surface area contributed by atoms with E-state index in [1.165, 1.54) is 12.3 Å². The van der Waals surface area contributed by atoms with Crippen LogP contribution in [0.25, 0.3) is 11.3 Å². The number of benzene rings is 1. The van der Waals surface area contributed by atoms with Gasteiger partial charge in [0.2, 0.25) is 0 Å². The Morgan fingerprint density at radius 2 is 2.06 bits per heavy atom. The first-order valence-electron chi connectivity index (χ1n) is 9.70. The van der Waals surface area contributed by atoms with Crippen molar-refractivity contribution in [2.24, 2.45) is 5.92 Å². The molecule has 3 heterocycles. The Bertz CT molecular complexity index is 1130. The third-order valence-electron chi connectivity index (χ3n) is 5.19. The van der Waals surface area contributed by atoms with Crippen molar-refractivity contribution in [3.63, 3.8) is 0 Å². The number of nitrogens with zero attached hydrogens (tertiary/aromatic N) is 5. The maximum atomic E-state index is 12.8. The number of amides is 1. The lowest BCUT2D eigenvalue weighted by Gasteiger charge is -2.17. The second-order valence-corrected chi connectivity index (χ2v) is 8.28. The van der Waals surface area contributed by atoms with Gasteiger partial charge in [0.05, 0.1) is 23.2 Å². The highest BCUT2D eigenvalue weighted by Crippen LogP contribution is 2.25. The fourth-order valence-corrected chi connectivity index (χ4v) is 4.06. The van der Waals surface area contributed by atoms with E-state index in [0.29, 0.717) is 36.5 Å². The quantitative estimate of drug-likeness (QED) is 0.566. The minimum atomic E-state index is -0.878. The summed E-state index contributed by atoms with van der Waals surface area (Å²) in [4.78, 5) is 29.4. The lowest BCUT2D eigenvalue weighted by atomic mass is 10.1. The van der Waals surface area contributed by atoms with E-state index >= 15 is 0 Å². The normalized spacial score (nSPS) is 15.9. The van der Waals surface area contributed by atoms with Crippen molar-refractivity contribution < 1.29 is 14.7 Å². The highest BCUT2D eigenvalue weighted by atomic mass is 35.5. The SMILES string of the molecule is O=C(O)Cc1cccc(-c2cn(CC3CCN(C(=O)c4cc(Cl)ncc4Cl)C3)nn2)c1. The van der Waals surface area contributed by atoms with Crippen LogP contribution >= 0.6 is 23.2 Å². The number of likely N-dealkylation sites (tertiary alicyclic amines) is 1. The summed E-state index contributed by atoms with van der Waals surface area (Å²) in [5, 5.41) is 17.9. The van der Waals surface area contributed by atoms with Crippen LogP contribution in [0.1, 0.15) is 22.3 Å². The molecule has 10 heteroatoms. The maximum absolute atomic E-state index is 12.8. The Morgan fingerprint density at radius 1 is 1.23 bits per heavy atom. The molecule has 1 unspecified atom stereocenters. The molecule has 1 saturated heterocycles. The van der Waals surface area contributed by atoms with Crippen molar-refractivity contribution >= 4 is 35.1 Å². The fraction of sp³-hybridized carbons (Fsp3) is 0.286. The molecule has 1 N–H and O–H groups in total. The third-order valence-corrected chi connectivity index (χ3v) is 5.70. The third kappa shape index (κ3) is 5.03. The van der Waals surface area contributed by atoms with Gasteiger partial charge in [-0.05, 0) is 30.0 Å². The van der Waals surface area contributed by atoms with Gasteiger partial charge in [-0.3, -0.25) is 14.3 Å². The summed E-state index contributed by atoms with van der Waals surface area (Å²) in [6.07, 6.45) is 4.02. The number of aliphatic carboxylic acids is 1. The molecule has 1 fully saturated rings. The van der Waals surface area contributed by atoms with Crippen LogP contribution in [0.5, 0.6) is 0 Å². The number of hydrogen-bond acceptors (Lipinski definition) is 5. The Morgan fingerprint density at radius 3 is 2.87 bits per heavy atom. The second kappa shape index (κ2) is 9.03. The van der Waals surface area contributed by atoms with Crippen LogP contribution in [0.3, 0.4) is 0 Å². The van der Waals surface area contributed by atoms with E-state index in [1.54, 1.807) is 15.6 Å². The number of rotatable bonds is 6.